The van der Waals surface area contributed by atoms with Crippen LogP contribution in [0.2, 0.25) is 0 Å². The van der Waals surface area contributed by atoms with Crippen molar-refractivity contribution in [3.63, 3.8) is 0 Å². The number of hydrazine groups is 1. The Morgan fingerprint density at radius 2 is 1.67 bits per heavy atom. The molecule has 120 valence electrons. The number of para-hydroxylation sites is 1. The molecule has 5 heteroatoms. The Morgan fingerprint density at radius 3 is 2.38 bits per heavy atom. The van der Waals surface area contributed by atoms with Crippen LogP contribution in [0, 0.1) is 0 Å². The first-order valence-corrected chi connectivity index (χ1v) is 8.31. The highest BCUT2D eigenvalue weighted by Gasteiger charge is 2.18. The van der Waals surface area contributed by atoms with Crippen LogP contribution >= 0.6 is 15.9 Å². The van der Waals surface area contributed by atoms with Gasteiger partial charge in [-0.25, -0.2) is 5.01 Å². The van der Waals surface area contributed by atoms with E-state index < -0.39 is 0 Å². The van der Waals surface area contributed by atoms with Gasteiger partial charge in [0.25, 0.3) is 5.91 Å². The van der Waals surface area contributed by atoms with Gasteiger partial charge in [-0.05, 0) is 35.9 Å². The van der Waals surface area contributed by atoms with E-state index in [2.05, 4.69) is 26.3 Å². The number of pyridine rings is 1. The molecule has 0 aliphatic rings. The van der Waals surface area contributed by atoms with Crippen LogP contribution in [0.1, 0.15) is 16.1 Å². The minimum Gasteiger partial charge on any atom is -0.295 e. The molecule has 0 aliphatic carbocycles. The van der Waals surface area contributed by atoms with Crippen LogP contribution in [-0.2, 0) is 6.54 Å². The summed E-state index contributed by atoms with van der Waals surface area (Å²) in [6.07, 6.45) is 1.62. The molecule has 0 aliphatic heterocycles. The standard InChI is InChI=1S/C19H16BrN3O/c20-17-11-5-4-8-15(17)14-23(22-16-9-2-1-3-10-16)19(24)18-12-6-7-13-21-18/h1-13,22H,14H2. The van der Waals surface area contributed by atoms with Crippen molar-refractivity contribution in [2.75, 3.05) is 5.43 Å². The molecule has 0 bridgehead atoms. The molecule has 0 saturated heterocycles. The smallest absolute Gasteiger partial charge is 0.291 e. The van der Waals surface area contributed by atoms with Gasteiger partial charge >= 0.3 is 0 Å². The van der Waals surface area contributed by atoms with Crippen LogP contribution in [0.25, 0.3) is 0 Å². The van der Waals surface area contributed by atoms with Crippen molar-refractivity contribution < 1.29 is 4.79 Å². The lowest BCUT2D eigenvalue weighted by molar-refractivity contribution is 0.0777. The second kappa shape index (κ2) is 7.75. The number of hydrogen-bond acceptors (Lipinski definition) is 3. The number of hydrogen-bond donors (Lipinski definition) is 1. The topological polar surface area (TPSA) is 45.2 Å². The first-order chi connectivity index (χ1) is 11.7. The molecule has 4 nitrogen and oxygen atoms in total. The van der Waals surface area contributed by atoms with Gasteiger partial charge in [0.15, 0.2) is 0 Å². The molecule has 0 fully saturated rings. The molecule has 1 aromatic heterocycles. The van der Waals surface area contributed by atoms with Crippen LogP contribution in [0.15, 0.2) is 83.5 Å². The van der Waals surface area contributed by atoms with Crippen LogP contribution < -0.4 is 5.43 Å². The normalized spacial score (nSPS) is 10.2. The lowest BCUT2D eigenvalue weighted by Crippen LogP contribution is -2.36. The number of nitrogens with one attached hydrogen (secondary N) is 1. The Labute approximate surface area is 149 Å². The van der Waals surface area contributed by atoms with Crippen LogP contribution in [-0.4, -0.2) is 15.9 Å². The number of benzene rings is 2. The highest BCUT2D eigenvalue weighted by atomic mass is 79.9. The fourth-order valence-electron chi connectivity index (χ4n) is 2.26. The van der Waals surface area contributed by atoms with Crippen LogP contribution in [0.4, 0.5) is 5.69 Å². The monoisotopic (exact) mass is 381 g/mol. The molecule has 0 spiro atoms. The van der Waals surface area contributed by atoms with Gasteiger partial charge in [-0.1, -0.05) is 58.4 Å². The lowest BCUT2D eigenvalue weighted by Gasteiger charge is -2.24. The minimum atomic E-state index is -0.185. The first-order valence-electron chi connectivity index (χ1n) is 7.52. The van der Waals surface area contributed by atoms with Crippen molar-refractivity contribution in [3.05, 3.63) is 94.7 Å². The van der Waals surface area contributed by atoms with Crippen molar-refractivity contribution >= 4 is 27.5 Å². The summed E-state index contributed by atoms with van der Waals surface area (Å²) in [4.78, 5) is 17.0. The predicted molar refractivity (Wildman–Crippen MR) is 98.3 cm³/mol. The second-order valence-electron chi connectivity index (χ2n) is 5.18. The third-order valence-corrected chi connectivity index (χ3v) is 4.23. The second-order valence-corrected chi connectivity index (χ2v) is 6.03. The maximum atomic E-state index is 12.9. The molecule has 0 saturated carbocycles. The lowest BCUT2D eigenvalue weighted by atomic mass is 10.2. The molecule has 0 unspecified atom stereocenters. The molecule has 0 radical (unpaired) electrons. The summed E-state index contributed by atoms with van der Waals surface area (Å²) >= 11 is 3.53. The maximum absolute atomic E-state index is 12.9. The quantitative estimate of drug-likeness (QED) is 0.661. The van der Waals surface area contributed by atoms with E-state index in [1.54, 1.807) is 29.4 Å². The van der Waals surface area contributed by atoms with Gasteiger partial charge in [-0.3, -0.25) is 15.2 Å². The predicted octanol–water partition coefficient (Wildman–Crippen LogP) is 4.51. The molecule has 1 N–H and O–H groups in total. The van der Waals surface area contributed by atoms with Crippen molar-refractivity contribution in [1.29, 1.82) is 0 Å². The van der Waals surface area contributed by atoms with E-state index in [1.165, 1.54) is 0 Å². The van der Waals surface area contributed by atoms with Gasteiger partial charge in [-0.15, -0.1) is 0 Å². The van der Waals surface area contributed by atoms with Crippen molar-refractivity contribution in [2.24, 2.45) is 0 Å². The van der Waals surface area contributed by atoms with Gasteiger partial charge in [0.05, 0.1) is 12.2 Å². The number of amides is 1. The molecule has 2 aromatic carbocycles. The molecule has 3 aromatic rings. The summed E-state index contributed by atoms with van der Waals surface area (Å²) < 4.78 is 0.957. The van der Waals surface area contributed by atoms with Crippen molar-refractivity contribution in [3.8, 4) is 0 Å². The average Bonchev–Trinajstić information content (AvgIpc) is 2.64. The largest absolute Gasteiger partial charge is 0.295 e. The summed E-state index contributed by atoms with van der Waals surface area (Å²) in [5, 5.41) is 1.57. The third-order valence-electron chi connectivity index (χ3n) is 3.45. The Kier molecular flexibility index (Phi) is 5.23. The highest BCUT2D eigenvalue weighted by Crippen LogP contribution is 2.19. The van der Waals surface area contributed by atoms with Gasteiger partial charge in [0.1, 0.15) is 5.69 Å². The van der Waals surface area contributed by atoms with E-state index in [1.807, 2.05) is 54.6 Å². The third kappa shape index (κ3) is 4.00. The summed E-state index contributed by atoms with van der Waals surface area (Å²) in [6, 6.07) is 22.8. The molecular formula is C19H16BrN3O. The number of halogens is 1. The fraction of sp³-hybridized carbons (Fsp3) is 0.0526. The SMILES string of the molecule is O=C(c1ccccn1)N(Cc1ccccc1Br)Nc1ccccc1. The average molecular weight is 382 g/mol. The van der Waals surface area contributed by atoms with E-state index in [0.29, 0.717) is 12.2 Å². The number of carbonyl (C=O) groups excluding carboxylic acids is 1. The van der Waals surface area contributed by atoms with Gasteiger partial charge in [-0.2, -0.15) is 0 Å². The first kappa shape index (κ1) is 16.2. The summed E-state index contributed by atoms with van der Waals surface area (Å²) in [5.41, 5.74) is 5.42. The summed E-state index contributed by atoms with van der Waals surface area (Å²) in [6.45, 7) is 0.408. The van der Waals surface area contributed by atoms with Crippen LogP contribution in [0.3, 0.4) is 0 Å². The van der Waals surface area contributed by atoms with Crippen molar-refractivity contribution in [1.82, 2.24) is 9.99 Å². The minimum absolute atomic E-state index is 0.185. The number of rotatable bonds is 5. The maximum Gasteiger partial charge on any atom is 0.291 e. The molecule has 0 atom stereocenters. The van der Waals surface area contributed by atoms with Gasteiger partial charge < -0.3 is 0 Å². The Balaban J connectivity index is 1.88. The molecular weight excluding hydrogens is 366 g/mol. The Bertz CT molecular complexity index is 809. The van der Waals surface area contributed by atoms with E-state index in [9.17, 15) is 4.79 Å². The molecule has 3 rings (SSSR count). The number of nitrogens with zero attached hydrogens (tertiary/aromatic N) is 2. The molecule has 1 heterocycles. The zero-order chi connectivity index (χ0) is 16.8. The van der Waals surface area contributed by atoms with Crippen molar-refractivity contribution in [2.45, 2.75) is 6.54 Å². The number of carbonyl (C=O) groups is 1. The molecule has 1 amide bonds. The number of aromatic nitrogens is 1. The zero-order valence-corrected chi connectivity index (χ0v) is 14.5. The Morgan fingerprint density at radius 1 is 0.958 bits per heavy atom. The fourth-order valence-corrected chi connectivity index (χ4v) is 2.67. The van der Waals surface area contributed by atoms with Crippen LogP contribution in [0.5, 0.6) is 0 Å². The number of anilines is 1. The summed E-state index contributed by atoms with van der Waals surface area (Å²) in [7, 11) is 0. The summed E-state index contributed by atoms with van der Waals surface area (Å²) in [5.74, 6) is -0.185. The van der Waals surface area contributed by atoms with Gasteiger partial charge in [0, 0.05) is 10.7 Å². The van der Waals surface area contributed by atoms with E-state index in [-0.39, 0.29) is 5.91 Å². The van der Waals surface area contributed by atoms with Gasteiger partial charge in [0.2, 0.25) is 0 Å². The van der Waals surface area contributed by atoms with E-state index in [0.717, 1.165) is 15.7 Å². The Hall–Kier alpha value is -2.66. The van der Waals surface area contributed by atoms with E-state index in [4.69, 9.17) is 0 Å². The molecule has 24 heavy (non-hydrogen) atoms. The zero-order valence-electron chi connectivity index (χ0n) is 12.9. The highest BCUT2D eigenvalue weighted by molar-refractivity contribution is 9.10. The van der Waals surface area contributed by atoms with E-state index >= 15 is 0 Å².